The Morgan fingerprint density at radius 1 is 1.09 bits per heavy atom. The molecule has 2 heterocycles. The largest absolute Gasteiger partial charge is 0.486 e. The van der Waals surface area contributed by atoms with Gasteiger partial charge in [-0.2, -0.15) is 13.2 Å². The number of ether oxygens (including phenoxy) is 2. The van der Waals surface area contributed by atoms with Crippen LogP contribution in [0.25, 0.3) is 10.9 Å². The summed E-state index contributed by atoms with van der Waals surface area (Å²) in [5, 5.41) is 0.611. The molecule has 32 heavy (non-hydrogen) atoms. The van der Waals surface area contributed by atoms with Crippen molar-refractivity contribution in [3.63, 3.8) is 0 Å². The number of aromatic nitrogens is 2. The van der Waals surface area contributed by atoms with Crippen LogP contribution in [0, 0.1) is 0 Å². The van der Waals surface area contributed by atoms with E-state index in [1.54, 1.807) is 23.1 Å². The molecule has 0 saturated heterocycles. The van der Waals surface area contributed by atoms with Crippen LogP contribution in [0.4, 0.5) is 13.2 Å². The van der Waals surface area contributed by atoms with E-state index in [-0.39, 0.29) is 22.2 Å². The number of amides is 1. The molecule has 0 bridgehead atoms. The average molecular weight is 463 g/mol. The van der Waals surface area contributed by atoms with Crippen molar-refractivity contribution in [2.45, 2.75) is 24.7 Å². The number of halogens is 3. The molecule has 1 aromatic heterocycles. The predicted molar refractivity (Wildman–Crippen MR) is 114 cm³/mol. The van der Waals surface area contributed by atoms with Gasteiger partial charge < -0.3 is 14.4 Å². The fourth-order valence-electron chi connectivity index (χ4n) is 3.29. The Bertz CT molecular complexity index is 1140. The molecule has 0 unspecified atom stereocenters. The maximum Gasteiger partial charge on any atom is 0.451 e. The maximum atomic E-state index is 13.2. The van der Waals surface area contributed by atoms with Gasteiger partial charge in [0.15, 0.2) is 11.5 Å². The first-order valence-electron chi connectivity index (χ1n) is 9.98. The molecule has 0 aliphatic carbocycles. The van der Waals surface area contributed by atoms with E-state index in [1.807, 2.05) is 25.1 Å². The van der Waals surface area contributed by atoms with E-state index in [0.717, 1.165) is 17.3 Å². The molecular formula is C22H20F3N3O3S. The number of benzene rings is 2. The Hall–Kier alpha value is -3.01. The van der Waals surface area contributed by atoms with E-state index in [2.05, 4.69) is 9.97 Å². The summed E-state index contributed by atoms with van der Waals surface area (Å²) >= 11 is 0.978. The summed E-state index contributed by atoms with van der Waals surface area (Å²) < 4.78 is 50.7. The number of nitrogens with zero attached hydrogens (tertiary/aromatic N) is 3. The van der Waals surface area contributed by atoms with E-state index in [1.165, 1.54) is 6.07 Å². The first kappa shape index (κ1) is 22.2. The highest BCUT2D eigenvalue weighted by Crippen LogP contribution is 2.33. The van der Waals surface area contributed by atoms with Gasteiger partial charge in [-0.3, -0.25) is 4.79 Å². The standard InChI is InChI=1S/C22H20F3N3O3S/c1-2-28(12-14-7-8-17-18(11-14)31-10-9-30-17)19(29)13-32-20-15-5-3-4-6-16(15)26-21(27-20)22(23,24)25/h3-8,11H,2,9-10,12-13H2,1H3. The van der Waals surface area contributed by atoms with Crippen LogP contribution in [0.1, 0.15) is 18.3 Å². The summed E-state index contributed by atoms with van der Waals surface area (Å²) in [6, 6.07) is 12.0. The summed E-state index contributed by atoms with van der Waals surface area (Å²) in [5.41, 5.74) is 1.06. The first-order valence-corrected chi connectivity index (χ1v) is 11.0. The first-order chi connectivity index (χ1) is 15.3. The number of alkyl halides is 3. The third-order valence-electron chi connectivity index (χ3n) is 4.87. The van der Waals surface area contributed by atoms with Crippen molar-refractivity contribution in [2.75, 3.05) is 25.5 Å². The van der Waals surface area contributed by atoms with Crippen LogP contribution in [0.5, 0.6) is 11.5 Å². The molecule has 2 aromatic carbocycles. The fourth-order valence-corrected chi connectivity index (χ4v) is 4.21. The van der Waals surface area contributed by atoms with Crippen LogP contribution in [0.2, 0.25) is 0 Å². The molecule has 4 rings (SSSR count). The van der Waals surface area contributed by atoms with Gasteiger partial charge in [-0.1, -0.05) is 36.0 Å². The minimum absolute atomic E-state index is 0.0449. The van der Waals surface area contributed by atoms with Crippen molar-refractivity contribution in [1.29, 1.82) is 0 Å². The maximum absolute atomic E-state index is 13.2. The van der Waals surface area contributed by atoms with E-state index in [9.17, 15) is 18.0 Å². The van der Waals surface area contributed by atoms with Crippen molar-refractivity contribution >= 4 is 28.6 Å². The summed E-state index contributed by atoms with van der Waals surface area (Å²) in [6.07, 6.45) is -4.67. The monoisotopic (exact) mass is 463 g/mol. The molecule has 0 N–H and O–H groups in total. The van der Waals surface area contributed by atoms with Gasteiger partial charge in [-0.25, -0.2) is 9.97 Å². The van der Waals surface area contributed by atoms with Crippen molar-refractivity contribution in [2.24, 2.45) is 0 Å². The molecule has 10 heteroatoms. The van der Waals surface area contributed by atoms with Crippen molar-refractivity contribution in [3.8, 4) is 11.5 Å². The topological polar surface area (TPSA) is 64.6 Å². The van der Waals surface area contributed by atoms with Gasteiger partial charge in [0.2, 0.25) is 11.7 Å². The SMILES string of the molecule is CCN(Cc1ccc2c(c1)OCCO2)C(=O)CSc1nc(C(F)(F)F)nc2ccccc12. The molecular weight excluding hydrogens is 443 g/mol. The number of carbonyl (C=O) groups is 1. The summed E-state index contributed by atoms with van der Waals surface area (Å²) in [7, 11) is 0. The Labute approximate surface area is 186 Å². The zero-order valence-electron chi connectivity index (χ0n) is 17.2. The third kappa shape index (κ3) is 4.90. The van der Waals surface area contributed by atoms with Crippen LogP contribution in [-0.4, -0.2) is 46.3 Å². The summed E-state index contributed by atoms with van der Waals surface area (Å²) in [5.74, 6) is -0.158. The Balaban J connectivity index is 1.49. The number of rotatable bonds is 6. The van der Waals surface area contributed by atoms with E-state index >= 15 is 0 Å². The molecule has 6 nitrogen and oxygen atoms in total. The second-order valence-corrected chi connectivity index (χ2v) is 8.01. The van der Waals surface area contributed by atoms with Gasteiger partial charge in [0.05, 0.1) is 11.3 Å². The van der Waals surface area contributed by atoms with E-state index in [4.69, 9.17) is 9.47 Å². The minimum Gasteiger partial charge on any atom is -0.486 e. The van der Waals surface area contributed by atoms with Crippen molar-refractivity contribution in [3.05, 3.63) is 53.9 Å². The van der Waals surface area contributed by atoms with Gasteiger partial charge in [0, 0.05) is 18.5 Å². The molecule has 0 spiro atoms. The fraction of sp³-hybridized carbons (Fsp3) is 0.318. The molecule has 168 valence electrons. The second kappa shape index (κ2) is 9.23. The average Bonchev–Trinajstić information content (AvgIpc) is 2.79. The smallest absolute Gasteiger partial charge is 0.451 e. The van der Waals surface area contributed by atoms with Gasteiger partial charge in [-0.05, 0) is 30.7 Å². The summed E-state index contributed by atoms with van der Waals surface area (Å²) in [4.78, 5) is 21.8. The molecule has 3 aromatic rings. The molecule has 1 aliphatic rings. The highest BCUT2D eigenvalue weighted by Gasteiger charge is 2.35. The molecule has 0 radical (unpaired) electrons. The van der Waals surface area contributed by atoms with E-state index < -0.39 is 12.0 Å². The number of para-hydroxylation sites is 1. The number of carbonyl (C=O) groups excluding carboxylic acids is 1. The van der Waals surface area contributed by atoms with Gasteiger partial charge in [0.25, 0.3) is 0 Å². The van der Waals surface area contributed by atoms with Crippen molar-refractivity contribution in [1.82, 2.24) is 14.9 Å². The highest BCUT2D eigenvalue weighted by molar-refractivity contribution is 8.00. The number of thioether (sulfide) groups is 1. The number of hydrogen-bond donors (Lipinski definition) is 0. The molecule has 0 fully saturated rings. The van der Waals surface area contributed by atoms with Crippen LogP contribution >= 0.6 is 11.8 Å². The Kier molecular flexibility index (Phi) is 6.40. The van der Waals surface area contributed by atoms with Crippen LogP contribution in [0.3, 0.4) is 0 Å². The molecule has 0 atom stereocenters. The highest BCUT2D eigenvalue weighted by atomic mass is 32.2. The van der Waals surface area contributed by atoms with Crippen LogP contribution in [0.15, 0.2) is 47.5 Å². The lowest BCUT2D eigenvalue weighted by Gasteiger charge is -2.23. The zero-order chi connectivity index (χ0) is 22.7. The Morgan fingerprint density at radius 3 is 2.59 bits per heavy atom. The number of fused-ring (bicyclic) bond motifs is 2. The number of hydrogen-bond acceptors (Lipinski definition) is 6. The van der Waals surface area contributed by atoms with Gasteiger partial charge >= 0.3 is 6.18 Å². The van der Waals surface area contributed by atoms with E-state index in [0.29, 0.717) is 43.2 Å². The van der Waals surface area contributed by atoms with Gasteiger partial charge in [-0.15, -0.1) is 0 Å². The Morgan fingerprint density at radius 2 is 1.84 bits per heavy atom. The summed E-state index contributed by atoms with van der Waals surface area (Å²) in [6.45, 7) is 3.62. The van der Waals surface area contributed by atoms with Crippen molar-refractivity contribution < 1.29 is 27.4 Å². The predicted octanol–water partition coefficient (Wildman–Crippen LogP) is 4.56. The molecule has 0 saturated carbocycles. The van der Waals surface area contributed by atoms with Crippen LogP contribution < -0.4 is 9.47 Å². The zero-order valence-corrected chi connectivity index (χ0v) is 18.0. The quantitative estimate of drug-likeness (QED) is 0.395. The second-order valence-electron chi connectivity index (χ2n) is 7.04. The van der Waals surface area contributed by atoms with Crippen LogP contribution in [-0.2, 0) is 17.5 Å². The lowest BCUT2D eigenvalue weighted by molar-refractivity contribution is -0.145. The minimum atomic E-state index is -4.67. The normalized spacial score (nSPS) is 13.2. The van der Waals surface area contributed by atoms with Gasteiger partial charge in [0.1, 0.15) is 18.2 Å². The molecule has 1 amide bonds. The molecule has 1 aliphatic heterocycles. The lowest BCUT2D eigenvalue weighted by Crippen LogP contribution is -2.31. The third-order valence-corrected chi connectivity index (χ3v) is 5.84. The lowest BCUT2D eigenvalue weighted by atomic mass is 10.2.